The van der Waals surface area contributed by atoms with E-state index in [-0.39, 0.29) is 6.10 Å². The highest BCUT2D eigenvalue weighted by atomic mass is 16.5. The number of nitrogens with zero attached hydrogens (tertiary/aromatic N) is 1. The maximum Gasteiger partial charge on any atom is 0.169 e. The number of H-pyrrole nitrogens is 1. The van der Waals surface area contributed by atoms with Crippen molar-refractivity contribution in [1.29, 1.82) is 0 Å². The van der Waals surface area contributed by atoms with Gasteiger partial charge in [-0.25, -0.2) is 0 Å². The Morgan fingerprint density at radius 1 is 1.29 bits per heavy atom. The second-order valence-electron chi connectivity index (χ2n) is 4.96. The third-order valence-corrected chi connectivity index (χ3v) is 3.61. The molecule has 6 heteroatoms. The molecule has 6 nitrogen and oxygen atoms in total. The van der Waals surface area contributed by atoms with E-state index in [4.69, 9.17) is 19.9 Å². The molecular formula is C15H19N3O3. The minimum Gasteiger partial charge on any atom is -0.493 e. The molecule has 21 heavy (non-hydrogen) atoms. The molecule has 0 atom stereocenters. The quantitative estimate of drug-likeness (QED) is 0.902. The smallest absolute Gasteiger partial charge is 0.169 e. The van der Waals surface area contributed by atoms with E-state index in [0.717, 1.165) is 37.2 Å². The second-order valence-corrected chi connectivity index (χ2v) is 4.96. The Bertz CT molecular complexity index is 606. The number of methoxy groups -OCH3 is 1. The first-order chi connectivity index (χ1) is 10.3. The molecule has 0 unspecified atom stereocenters. The summed E-state index contributed by atoms with van der Waals surface area (Å²) >= 11 is 0. The number of nitrogens with two attached hydrogens (primary N) is 1. The summed E-state index contributed by atoms with van der Waals surface area (Å²) in [7, 11) is 1.63. The maximum atomic E-state index is 6.19. The van der Waals surface area contributed by atoms with Gasteiger partial charge in [0.15, 0.2) is 11.5 Å². The van der Waals surface area contributed by atoms with Gasteiger partial charge in [-0.3, -0.25) is 5.10 Å². The lowest BCUT2D eigenvalue weighted by atomic mass is 10.1. The van der Waals surface area contributed by atoms with Gasteiger partial charge in [-0.05, 0) is 6.07 Å². The van der Waals surface area contributed by atoms with Crippen LogP contribution in [0.4, 0.5) is 5.82 Å². The van der Waals surface area contributed by atoms with E-state index in [1.165, 1.54) is 0 Å². The molecule has 0 bridgehead atoms. The van der Waals surface area contributed by atoms with E-state index in [9.17, 15) is 0 Å². The molecule has 1 aliphatic heterocycles. The van der Waals surface area contributed by atoms with Crippen LogP contribution in [-0.4, -0.2) is 36.6 Å². The Kier molecular flexibility index (Phi) is 3.96. The first-order valence-corrected chi connectivity index (χ1v) is 7.00. The Labute approximate surface area is 123 Å². The Morgan fingerprint density at radius 3 is 2.76 bits per heavy atom. The van der Waals surface area contributed by atoms with Crippen molar-refractivity contribution in [1.82, 2.24) is 10.2 Å². The van der Waals surface area contributed by atoms with Gasteiger partial charge in [0.05, 0.1) is 26.5 Å². The summed E-state index contributed by atoms with van der Waals surface area (Å²) in [5.41, 5.74) is 7.63. The number of nitrogen functional groups attached to an aromatic ring is 1. The molecular weight excluding hydrogens is 270 g/mol. The van der Waals surface area contributed by atoms with Crippen molar-refractivity contribution in [3.63, 3.8) is 0 Å². The molecule has 0 spiro atoms. The third-order valence-electron chi connectivity index (χ3n) is 3.61. The van der Waals surface area contributed by atoms with Gasteiger partial charge in [-0.15, -0.1) is 0 Å². The minimum atomic E-state index is 0.127. The van der Waals surface area contributed by atoms with Crippen LogP contribution in [0.1, 0.15) is 12.8 Å². The number of hydrogen-bond donors (Lipinski definition) is 2. The summed E-state index contributed by atoms with van der Waals surface area (Å²) in [6.07, 6.45) is 3.57. The summed E-state index contributed by atoms with van der Waals surface area (Å²) in [6, 6.07) is 5.75. The predicted molar refractivity (Wildman–Crippen MR) is 79.5 cm³/mol. The molecule has 0 aliphatic carbocycles. The van der Waals surface area contributed by atoms with E-state index in [2.05, 4.69) is 10.2 Å². The van der Waals surface area contributed by atoms with Crippen LogP contribution in [0.2, 0.25) is 0 Å². The highest BCUT2D eigenvalue weighted by Crippen LogP contribution is 2.40. The van der Waals surface area contributed by atoms with Crippen molar-refractivity contribution >= 4 is 5.82 Å². The maximum absolute atomic E-state index is 6.19. The highest BCUT2D eigenvalue weighted by Gasteiger charge is 2.21. The minimum absolute atomic E-state index is 0.127. The zero-order chi connectivity index (χ0) is 14.7. The highest BCUT2D eigenvalue weighted by molar-refractivity contribution is 5.80. The van der Waals surface area contributed by atoms with E-state index < -0.39 is 0 Å². The van der Waals surface area contributed by atoms with Crippen molar-refractivity contribution in [3.05, 3.63) is 24.4 Å². The normalized spacial score (nSPS) is 15.9. The molecule has 1 aromatic carbocycles. The van der Waals surface area contributed by atoms with Crippen LogP contribution in [0.3, 0.4) is 0 Å². The van der Waals surface area contributed by atoms with Gasteiger partial charge >= 0.3 is 0 Å². The van der Waals surface area contributed by atoms with E-state index in [1.54, 1.807) is 13.3 Å². The molecule has 2 heterocycles. The van der Waals surface area contributed by atoms with Crippen LogP contribution in [0, 0.1) is 0 Å². The van der Waals surface area contributed by atoms with Crippen LogP contribution < -0.4 is 15.2 Å². The molecule has 1 saturated heterocycles. The van der Waals surface area contributed by atoms with Gasteiger partial charge in [0.2, 0.25) is 0 Å². The monoisotopic (exact) mass is 289 g/mol. The van der Waals surface area contributed by atoms with Crippen molar-refractivity contribution in [3.8, 4) is 22.6 Å². The van der Waals surface area contributed by atoms with Crippen molar-refractivity contribution < 1.29 is 14.2 Å². The van der Waals surface area contributed by atoms with E-state index in [1.807, 2.05) is 18.2 Å². The number of aromatic nitrogens is 2. The number of anilines is 1. The number of benzene rings is 1. The van der Waals surface area contributed by atoms with Crippen molar-refractivity contribution in [2.75, 3.05) is 26.1 Å². The summed E-state index contributed by atoms with van der Waals surface area (Å²) < 4.78 is 17.0. The molecule has 1 aromatic heterocycles. The van der Waals surface area contributed by atoms with Crippen LogP contribution in [-0.2, 0) is 4.74 Å². The summed E-state index contributed by atoms with van der Waals surface area (Å²) in [6.45, 7) is 1.45. The Balaban J connectivity index is 1.97. The Hall–Kier alpha value is -2.21. The van der Waals surface area contributed by atoms with Crippen LogP contribution >= 0.6 is 0 Å². The van der Waals surface area contributed by atoms with Crippen molar-refractivity contribution in [2.45, 2.75) is 18.9 Å². The molecule has 1 aliphatic rings. The number of hydrogen-bond acceptors (Lipinski definition) is 5. The van der Waals surface area contributed by atoms with Gasteiger partial charge in [-0.2, -0.15) is 5.10 Å². The summed E-state index contributed by atoms with van der Waals surface area (Å²) in [4.78, 5) is 0. The Morgan fingerprint density at radius 2 is 2.10 bits per heavy atom. The van der Waals surface area contributed by atoms with Gasteiger partial charge in [0.1, 0.15) is 11.9 Å². The zero-order valence-electron chi connectivity index (χ0n) is 12.0. The molecule has 0 saturated carbocycles. The molecule has 0 radical (unpaired) electrons. The molecule has 0 amide bonds. The van der Waals surface area contributed by atoms with Gasteiger partial charge in [0, 0.05) is 24.0 Å². The predicted octanol–water partition coefficient (Wildman–Crippen LogP) is 2.23. The topological polar surface area (TPSA) is 82.4 Å². The molecule has 3 N–H and O–H groups in total. The number of rotatable bonds is 4. The SMILES string of the molecule is COc1cccc(-c2cn[nH]c2N)c1OC1CCOCC1. The fraction of sp³-hybridized carbons (Fsp3) is 0.400. The fourth-order valence-electron chi connectivity index (χ4n) is 2.48. The average Bonchev–Trinajstić information content (AvgIpc) is 2.94. The molecule has 1 fully saturated rings. The molecule has 112 valence electrons. The summed E-state index contributed by atoms with van der Waals surface area (Å²) in [5, 5.41) is 6.72. The first kappa shape index (κ1) is 13.8. The van der Waals surface area contributed by atoms with Gasteiger partial charge in [0.25, 0.3) is 0 Å². The second kappa shape index (κ2) is 6.05. The zero-order valence-corrected chi connectivity index (χ0v) is 12.0. The number of para-hydroxylation sites is 1. The van der Waals surface area contributed by atoms with Crippen molar-refractivity contribution in [2.24, 2.45) is 0 Å². The fourth-order valence-corrected chi connectivity index (χ4v) is 2.48. The van der Waals surface area contributed by atoms with Gasteiger partial charge < -0.3 is 19.9 Å². The molecule has 2 aromatic rings. The average molecular weight is 289 g/mol. The van der Waals surface area contributed by atoms with E-state index in [0.29, 0.717) is 17.3 Å². The first-order valence-electron chi connectivity index (χ1n) is 7.00. The lowest BCUT2D eigenvalue weighted by molar-refractivity contribution is 0.0248. The summed E-state index contributed by atoms with van der Waals surface area (Å²) in [5.74, 6) is 1.92. The third kappa shape index (κ3) is 2.80. The lowest BCUT2D eigenvalue weighted by Gasteiger charge is -2.25. The number of ether oxygens (including phenoxy) is 3. The molecule has 3 rings (SSSR count). The lowest BCUT2D eigenvalue weighted by Crippen LogP contribution is -2.26. The van der Waals surface area contributed by atoms with Crippen LogP contribution in [0.25, 0.3) is 11.1 Å². The number of aromatic amines is 1. The largest absolute Gasteiger partial charge is 0.493 e. The standard InChI is InChI=1S/C15H19N3O3/c1-19-13-4-2-3-11(12-9-17-18-15(12)16)14(13)21-10-5-7-20-8-6-10/h2-4,9-10H,5-8H2,1H3,(H3,16,17,18). The van der Waals surface area contributed by atoms with Crippen LogP contribution in [0.15, 0.2) is 24.4 Å². The van der Waals surface area contributed by atoms with Gasteiger partial charge in [-0.1, -0.05) is 12.1 Å². The van der Waals surface area contributed by atoms with Crippen LogP contribution in [0.5, 0.6) is 11.5 Å². The van der Waals surface area contributed by atoms with E-state index >= 15 is 0 Å². The number of nitrogens with one attached hydrogen (secondary N) is 1.